The standard InChI is InChI=1S/C11H13BrClNO/c1-8-7-9(13)3-4-10(8)11(15)14-6-2-5-12/h3-4,7H,2,5-6H2,1H3,(H,14,15). The van der Waals surface area contributed by atoms with Crippen LogP contribution in [0.1, 0.15) is 22.3 Å². The molecule has 1 N–H and O–H groups in total. The fourth-order valence-corrected chi connectivity index (χ4v) is 1.75. The summed E-state index contributed by atoms with van der Waals surface area (Å²) >= 11 is 9.12. The Morgan fingerprint density at radius 2 is 2.27 bits per heavy atom. The van der Waals surface area contributed by atoms with Gasteiger partial charge in [0, 0.05) is 22.5 Å². The number of rotatable bonds is 4. The zero-order valence-corrected chi connectivity index (χ0v) is 10.9. The minimum atomic E-state index is -0.0369. The second-order valence-electron chi connectivity index (χ2n) is 3.26. The van der Waals surface area contributed by atoms with Crippen LogP contribution in [0.5, 0.6) is 0 Å². The summed E-state index contributed by atoms with van der Waals surface area (Å²) in [5.74, 6) is -0.0369. The van der Waals surface area contributed by atoms with E-state index in [2.05, 4.69) is 21.2 Å². The van der Waals surface area contributed by atoms with Gasteiger partial charge in [0.2, 0.25) is 0 Å². The zero-order valence-electron chi connectivity index (χ0n) is 8.52. The van der Waals surface area contributed by atoms with Gasteiger partial charge in [-0.2, -0.15) is 0 Å². The van der Waals surface area contributed by atoms with E-state index in [0.29, 0.717) is 17.1 Å². The lowest BCUT2D eigenvalue weighted by molar-refractivity contribution is 0.0953. The maximum atomic E-state index is 11.7. The van der Waals surface area contributed by atoms with Crippen LogP contribution < -0.4 is 5.32 Å². The Morgan fingerprint density at radius 3 is 2.87 bits per heavy atom. The van der Waals surface area contributed by atoms with Crippen molar-refractivity contribution in [2.45, 2.75) is 13.3 Å². The first-order valence-corrected chi connectivity index (χ1v) is 6.25. The molecule has 15 heavy (non-hydrogen) atoms. The first kappa shape index (κ1) is 12.5. The molecule has 2 nitrogen and oxygen atoms in total. The Kier molecular flexibility index (Phi) is 5.12. The van der Waals surface area contributed by atoms with Crippen LogP contribution in [0.25, 0.3) is 0 Å². The van der Waals surface area contributed by atoms with E-state index in [9.17, 15) is 4.79 Å². The molecule has 0 aliphatic heterocycles. The van der Waals surface area contributed by atoms with E-state index in [-0.39, 0.29) is 5.91 Å². The number of carbonyl (C=O) groups is 1. The molecule has 0 aromatic heterocycles. The van der Waals surface area contributed by atoms with Crippen LogP contribution in [0.4, 0.5) is 0 Å². The highest BCUT2D eigenvalue weighted by Gasteiger charge is 2.07. The molecule has 0 atom stereocenters. The number of halogens is 2. The van der Waals surface area contributed by atoms with E-state index in [1.54, 1.807) is 18.2 Å². The van der Waals surface area contributed by atoms with Gasteiger partial charge in [0.15, 0.2) is 0 Å². The second-order valence-corrected chi connectivity index (χ2v) is 4.49. The lowest BCUT2D eigenvalue weighted by atomic mass is 10.1. The van der Waals surface area contributed by atoms with E-state index in [4.69, 9.17) is 11.6 Å². The van der Waals surface area contributed by atoms with Crippen molar-refractivity contribution in [2.75, 3.05) is 11.9 Å². The molecule has 0 saturated heterocycles. The van der Waals surface area contributed by atoms with E-state index >= 15 is 0 Å². The number of hydrogen-bond donors (Lipinski definition) is 1. The van der Waals surface area contributed by atoms with Crippen molar-refractivity contribution in [3.63, 3.8) is 0 Å². The third-order valence-corrected chi connectivity index (χ3v) is 2.82. The largest absolute Gasteiger partial charge is 0.352 e. The Morgan fingerprint density at radius 1 is 1.53 bits per heavy atom. The molecule has 1 rings (SSSR count). The monoisotopic (exact) mass is 289 g/mol. The zero-order chi connectivity index (χ0) is 11.3. The van der Waals surface area contributed by atoms with Crippen molar-refractivity contribution < 1.29 is 4.79 Å². The number of alkyl halides is 1. The van der Waals surface area contributed by atoms with Gasteiger partial charge in [0.1, 0.15) is 0 Å². The maximum Gasteiger partial charge on any atom is 0.251 e. The lowest BCUT2D eigenvalue weighted by Gasteiger charge is -2.06. The Balaban J connectivity index is 2.65. The van der Waals surface area contributed by atoms with Crippen molar-refractivity contribution in [2.24, 2.45) is 0 Å². The SMILES string of the molecule is Cc1cc(Cl)ccc1C(=O)NCCCBr. The van der Waals surface area contributed by atoms with E-state index in [1.165, 1.54) is 0 Å². The summed E-state index contributed by atoms with van der Waals surface area (Å²) in [7, 11) is 0. The molecular weight excluding hydrogens is 277 g/mol. The topological polar surface area (TPSA) is 29.1 Å². The molecule has 0 saturated carbocycles. The molecule has 0 aliphatic rings. The fraction of sp³-hybridized carbons (Fsp3) is 0.364. The fourth-order valence-electron chi connectivity index (χ4n) is 1.25. The predicted octanol–water partition coefficient (Wildman–Crippen LogP) is 3.16. The summed E-state index contributed by atoms with van der Waals surface area (Å²) in [6.45, 7) is 2.57. The average Bonchev–Trinajstić information content (AvgIpc) is 2.17. The maximum absolute atomic E-state index is 11.7. The first-order chi connectivity index (χ1) is 7.15. The lowest BCUT2D eigenvalue weighted by Crippen LogP contribution is -2.25. The number of amides is 1. The molecule has 0 heterocycles. The van der Waals surface area contributed by atoms with Gasteiger partial charge < -0.3 is 5.32 Å². The van der Waals surface area contributed by atoms with Gasteiger partial charge in [-0.05, 0) is 37.1 Å². The van der Waals surface area contributed by atoms with E-state index in [0.717, 1.165) is 17.3 Å². The van der Waals surface area contributed by atoms with Crippen LogP contribution in [0.2, 0.25) is 5.02 Å². The predicted molar refractivity (Wildman–Crippen MR) is 66.9 cm³/mol. The number of benzene rings is 1. The van der Waals surface area contributed by atoms with Crippen molar-refractivity contribution in [1.29, 1.82) is 0 Å². The minimum Gasteiger partial charge on any atom is -0.352 e. The van der Waals surface area contributed by atoms with E-state index in [1.807, 2.05) is 6.92 Å². The highest BCUT2D eigenvalue weighted by Crippen LogP contribution is 2.14. The molecule has 0 bridgehead atoms. The van der Waals surface area contributed by atoms with Crippen LogP contribution in [0.15, 0.2) is 18.2 Å². The smallest absolute Gasteiger partial charge is 0.251 e. The van der Waals surface area contributed by atoms with Crippen LogP contribution in [0.3, 0.4) is 0 Å². The van der Waals surface area contributed by atoms with Gasteiger partial charge >= 0.3 is 0 Å². The molecule has 0 spiro atoms. The summed E-state index contributed by atoms with van der Waals surface area (Å²) in [6.07, 6.45) is 0.929. The van der Waals surface area contributed by atoms with Gasteiger partial charge in [-0.3, -0.25) is 4.79 Å². The van der Waals surface area contributed by atoms with Crippen LogP contribution in [-0.4, -0.2) is 17.8 Å². The van der Waals surface area contributed by atoms with Crippen LogP contribution >= 0.6 is 27.5 Å². The highest BCUT2D eigenvalue weighted by atomic mass is 79.9. The number of nitrogens with one attached hydrogen (secondary N) is 1. The quantitative estimate of drug-likeness (QED) is 0.670. The summed E-state index contributed by atoms with van der Waals surface area (Å²) < 4.78 is 0. The highest BCUT2D eigenvalue weighted by molar-refractivity contribution is 9.09. The summed E-state index contributed by atoms with van der Waals surface area (Å²) in [5.41, 5.74) is 1.59. The minimum absolute atomic E-state index is 0.0369. The molecular formula is C11H13BrClNO. The molecule has 1 aromatic carbocycles. The third kappa shape index (κ3) is 3.84. The third-order valence-electron chi connectivity index (χ3n) is 2.03. The molecule has 0 fully saturated rings. The van der Waals surface area contributed by atoms with Crippen molar-refractivity contribution in [3.8, 4) is 0 Å². The van der Waals surface area contributed by atoms with Gasteiger partial charge in [-0.15, -0.1) is 0 Å². The summed E-state index contributed by atoms with van der Waals surface area (Å²) in [5, 5.41) is 4.40. The van der Waals surface area contributed by atoms with Gasteiger partial charge in [0.25, 0.3) is 5.91 Å². The average molecular weight is 291 g/mol. The molecule has 1 aromatic rings. The number of aryl methyl sites for hydroxylation is 1. The number of hydrogen-bond acceptors (Lipinski definition) is 1. The number of carbonyl (C=O) groups excluding carboxylic acids is 1. The van der Waals surface area contributed by atoms with Crippen LogP contribution in [0, 0.1) is 6.92 Å². The Bertz CT molecular complexity index is 354. The van der Waals surface area contributed by atoms with Crippen molar-refractivity contribution in [3.05, 3.63) is 34.3 Å². The summed E-state index contributed by atoms with van der Waals surface area (Å²) in [6, 6.07) is 5.27. The van der Waals surface area contributed by atoms with E-state index < -0.39 is 0 Å². The summed E-state index contributed by atoms with van der Waals surface area (Å²) in [4.78, 5) is 11.7. The van der Waals surface area contributed by atoms with Crippen LogP contribution in [-0.2, 0) is 0 Å². The molecule has 4 heteroatoms. The normalized spacial score (nSPS) is 10.1. The molecule has 0 radical (unpaired) electrons. The molecule has 0 unspecified atom stereocenters. The second kappa shape index (κ2) is 6.13. The van der Waals surface area contributed by atoms with Gasteiger partial charge in [0.05, 0.1) is 0 Å². The van der Waals surface area contributed by atoms with Crippen molar-refractivity contribution >= 4 is 33.4 Å². The Labute approximate surface area is 103 Å². The molecule has 0 aliphatic carbocycles. The van der Waals surface area contributed by atoms with Gasteiger partial charge in [-0.1, -0.05) is 27.5 Å². The van der Waals surface area contributed by atoms with Crippen molar-refractivity contribution in [1.82, 2.24) is 5.32 Å². The molecule has 1 amide bonds. The molecule has 82 valence electrons. The Hall–Kier alpha value is -0.540. The first-order valence-electron chi connectivity index (χ1n) is 4.75. The van der Waals surface area contributed by atoms with Gasteiger partial charge in [-0.25, -0.2) is 0 Å².